The fourth-order valence-electron chi connectivity index (χ4n) is 3.93. The number of hydrogen-bond donors (Lipinski definition) is 0. The Morgan fingerprint density at radius 3 is 2.80 bits per heavy atom. The van der Waals surface area contributed by atoms with Crippen LogP contribution in [0.25, 0.3) is 0 Å². The number of rotatable bonds is 1. The lowest BCUT2D eigenvalue weighted by molar-refractivity contribution is -0.385. The summed E-state index contributed by atoms with van der Waals surface area (Å²) in [6.45, 7) is 0. The van der Waals surface area contributed by atoms with E-state index in [1.165, 1.54) is 18.4 Å². The number of benzene rings is 1. The zero-order valence-electron chi connectivity index (χ0n) is 8.22. The molecule has 0 aromatic heterocycles. The molecule has 2 bridgehead atoms. The quantitative estimate of drug-likeness (QED) is 0.518. The van der Waals surface area contributed by atoms with Crippen molar-refractivity contribution in [2.24, 2.45) is 11.8 Å². The molecule has 0 heterocycles. The van der Waals surface area contributed by atoms with E-state index in [0.717, 1.165) is 17.4 Å². The maximum Gasteiger partial charge on any atom is 0.273 e. The summed E-state index contributed by atoms with van der Waals surface area (Å²) in [5, 5.41) is 11.0. The van der Waals surface area contributed by atoms with Gasteiger partial charge in [-0.3, -0.25) is 10.1 Å². The van der Waals surface area contributed by atoms with Crippen molar-refractivity contribution in [2.45, 2.75) is 24.7 Å². The molecule has 3 nitrogen and oxygen atoms in total. The highest BCUT2D eigenvalue weighted by Gasteiger charge is 2.61. The van der Waals surface area contributed by atoms with Gasteiger partial charge in [-0.2, -0.15) is 0 Å². The van der Waals surface area contributed by atoms with Gasteiger partial charge in [-0.1, -0.05) is 12.1 Å². The van der Waals surface area contributed by atoms with Crippen LogP contribution in [0.15, 0.2) is 18.2 Å². The van der Waals surface area contributed by atoms with Gasteiger partial charge in [0.25, 0.3) is 5.69 Å². The second-order valence-electron chi connectivity index (χ2n) is 5.05. The van der Waals surface area contributed by atoms with Crippen LogP contribution in [0.3, 0.4) is 0 Å². The highest BCUT2D eigenvalue weighted by atomic mass is 16.6. The second kappa shape index (κ2) is 2.23. The topological polar surface area (TPSA) is 43.1 Å². The second-order valence-corrected chi connectivity index (χ2v) is 5.05. The smallest absolute Gasteiger partial charge is 0.258 e. The summed E-state index contributed by atoms with van der Waals surface area (Å²) in [5.41, 5.74) is 2.73. The molecular weight excluding hydrogens is 190 g/mol. The minimum absolute atomic E-state index is 0.211. The van der Waals surface area contributed by atoms with Gasteiger partial charge >= 0.3 is 0 Å². The average molecular weight is 201 g/mol. The minimum Gasteiger partial charge on any atom is -0.258 e. The van der Waals surface area contributed by atoms with Crippen molar-refractivity contribution in [2.75, 3.05) is 0 Å². The molecule has 0 amide bonds. The first kappa shape index (κ1) is 7.85. The molecule has 4 atom stereocenters. The summed E-state index contributed by atoms with van der Waals surface area (Å²) >= 11 is 0. The first-order chi connectivity index (χ1) is 7.27. The molecule has 4 rings (SSSR count). The van der Waals surface area contributed by atoms with E-state index in [-0.39, 0.29) is 4.92 Å². The third-order valence-electron chi connectivity index (χ3n) is 4.52. The molecule has 1 aromatic carbocycles. The standard InChI is InChI=1S/C12H11NO2/c14-13(15)11-3-1-2-6-7-5-10(12(6)11)9-4-8(7)9/h1-3,7-10H,4-5H2. The molecule has 76 valence electrons. The molecule has 0 saturated heterocycles. The zero-order chi connectivity index (χ0) is 10.2. The van der Waals surface area contributed by atoms with Crippen molar-refractivity contribution in [1.82, 2.24) is 0 Å². The molecule has 0 radical (unpaired) electrons. The van der Waals surface area contributed by atoms with E-state index in [0.29, 0.717) is 17.5 Å². The van der Waals surface area contributed by atoms with E-state index < -0.39 is 0 Å². The summed E-state index contributed by atoms with van der Waals surface area (Å²) in [7, 11) is 0. The Bertz CT molecular complexity index is 483. The van der Waals surface area contributed by atoms with Gasteiger partial charge in [-0.15, -0.1) is 0 Å². The van der Waals surface area contributed by atoms with E-state index in [1.807, 2.05) is 6.07 Å². The largest absolute Gasteiger partial charge is 0.273 e. The van der Waals surface area contributed by atoms with E-state index in [9.17, 15) is 10.1 Å². The molecule has 2 fully saturated rings. The van der Waals surface area contributed by atoms with Crippen molar-refractivity contribution < 1.29 is 4.92 Å². The lowest BCUT2D eigenvalue weighted by Crippen LogP contribution is -2.04. The van der Waals surface area contributed by atoms with E-state index >= 15 is 0 Å². The van der Waals surface area contributed by atoms with Gasteiger partial charge in [0, 0.05) is 11.6 Å². The Balaban J connectivity index is 1.97. The van der Waals surface area contributed by atoms with Crippen LogP contribution in [0.4, 0.5) is 5.69 Å². The maximum atomic E-state index is 11.0. The van der Waals surface area contributed by atoms with Gasteiger partial charge in [0.15, 0.2) is 0 Å². The van der Waals surface area contributed by atoms with Gasteiger partial charge < -0.3 is 0 Å². The van der Waals surface area contributed by atoms with Crippen LogP contribution >= 0.6 is 0 Å². The van der Waals surface area contributed by atoms with Crippen LogP contribution < -0.4 is 0 Å². The zero-order valence-corrected chi connectivity index (χ0v) is 8.22. The summed E-state index contributed by atoms with van der Waals surface area (Å²) in [5.74, 6) is 2.81. The lowest BCUT2D eigenvalue weighted by Gasteiger charge is -2.13. The highest BCUT2D eigenvalue weighted by molar-refractivity contribution is 5.56. The third-order valence-corrected chi connectivity index (χ3v) is 4.52. The normalized spacial score (nSPS) is 38.7. The fourth-order valence-corrected chi connectivity index (χ4v) is 3.93. The minimum atomic E-state index is -0.211. The Hall–Kier alpha value is -1.38. The van der Waals surface area contributed by atoms with Crippen LogP contribution in [0.5, 0.6) is 0 Å². The maximum absolute atomic E-state index is 11.0. The Kier molecular flexibility index (Phi) is 1.17. The van der Waals surface area contributed by atoms with E-state index in [1.54, 1.807) is 6.07 Å². The summed E-state index contributed by atoms with van der Waals surface area (Å²) in [6.07, 6.45) is 2.48. The average Bonchev–Trinajstić information content (AvgIpc) is 2.84. The lowest BCUT2D eigenvalue weighted by atomic mass is 9.91. The van der Waals surface area contributed by atoms with E-state index in [4.69, 9.17) is 0 Å². The number of nitro groups is 1. The van der Waals surface area contributed by atoms with Gasteiger partial charge in [0.05, 0.1) is 4.92 Å². The number of nitrogens with zero attached hydrogens (tertiary/aromatic N) is 1. The summed E-state index contributed by atoms with van der Waals surface area (Å²) < 4.78 is 0. The van der Waals surface area contributed by atoms with E-state index in [2.05, 4.69) is 6.07 Å². The number of hydrogen-bond acceptors (Lipinski definition) is 2. The van der Waals surface area contributed by atoms with Crippen molar-refractivity contribution in [1.29, 1.82) is 0 Å². The molecule has 2 saturated carbocycles. The molecule has 0 spiro atoms. The van der Waals surface area contributed by atoms with Gasteiger partial charge in [0.1, 0.15) is 0 Å². The van der Waals surface area contributed by atoms with Gasteiger partial charge in [0.2, 0.25) is 0 Å². The molecule has 3 aliphatic rings. The predicted octanol–water partition coefficient (Wildman–Crippen LogP) is 2.82. The fraction of sp³-hybridized carbons (Fsp3) is 0.500. The van der Waals surface area contributed by atoms with Crippen molar-refractivity contribution in [3.63, 3.8) is 0 Å². The predicted molar refractivity (Wildman–Crippen MR) is 54.8 cm³/mol. The summed E-state index contributed by atoms with van der Waals surface area (Å²) in [6, 6.07) is 5.60. The molecule has 1 aromatic rings. The first-order valence-corrected chi connectivity index (χ1v) is 5.54. The van der Waals surface area contributed by atoms with Crippen LogP contribution in [0.1, 0.15) is 35.8 Å². The van der Waals surface area contributed by atoms with Crippen LogP contribution in [-0.4, -0.2) is 4.92 Å². The van der Waals surface area contributed by atoms with Crippen molar-refractivity contribution >= 4 is 5.69 Å². The molecular formula is C12H11NO2. The summed E-state index contributed by atoms with van der Waals surface area (Å²) in [4.78, 5) is 10.8. The van der Waals surface area contributed by atoms with Crippen molar-refractivity contribution in [3.8, 4) is 0 Å². The molecule has 0 aliphatic heterocycles. The number of nitro benzene ring substituents is 1. The van der Waals surface area contributed by atoms with Gasteiger partial charge in [-0.05, 0) is 42.1 Å². The van der Waals surface area contributed by atoms with Crippen LogP contribution in [0, 0.1) is 22.0 Å². The molecule has 3 aliphatic carbocycles. The van der Waals surface area contributed by atoms with Crippen LogP contribution in [0.2, 0.25) is 0 Å². The van der Waals surface area contributed by atoms with Crippen molar-refractivity contribution in [3.05, 3.63) is 39.4 Å². The molecule has 3 heteroatoms. The Morgan fingerprint density at radius 1 is 1.20 bits per heavy atom. The SMILES string of the molecule is O=[N+]([O-])c1cccc2c1C1CC2C2CC12. The highest BCUT2D eigenvalue weighted by Crippen LogP contribution is 2.71. The van der Waals surface area contributed by atoms with Crippen LogP contribution in [-0.2, 0) is 0 Å². The molecule has 0 N–H and O–H groups in total. The third kappa shape index (κ3) is 0.784. The Labute approximate surface area is 87.3 Å². The molecule has 15 heavy (non-hydrogen) atoms. The van der Waals surface area contributed by atoms with Gasteiger partial charge in [-0.25, -0.2) is 0 Å². The molecule has 4 unspecified atom stereocenters. The monoisotopic (exact) mass is 201 g/mol. The Morgan fingerprint density at radius 2 is 2.00 bits per heavy atom. The first-order valence-electron chi connectivity index (χ1n) is 5.54. The number of fused-ring (bicyclic) bond motifs is 8.